The van der Waals surface area contributed by atoms with Crippen LogP contribution in [0.3, 0.4) is 0 Å². The first-order chi connectivity index (χ1) is 9.25. The first-order valence-electron chi connectivity index (χ1n) is 6.40. The van der Waals surface area contributed by atoms with Gasteiger partial charge in [-0.25, -0.2) is 9.97 Å². The maximum Gasteiger partial charge on any atom is 0.493 e. The predicted octanol–water partition coefficient (Wildman–Crippen LogP) is 2.14. The summed E-state index contributed by atoms with van der Waals surface area (Å²) < 4.78 is 11.8. The van der Waals surface area contributed by atoms with Gasteiger partial charge in [0.2, 0.25) is 0 Å². The number of rotatable bonds is 3. The second kappa shape index (κ2) is 5.45. The number of hydrogen-bond acceptors (Lipinski definition) is 5. The number of aromatic nitrogens is 2. The van der Waals surface area contributed by atoms with Crippen molar-refractivity contribution >= 4 is 24.8 Å². The highest BCUT2D eigenvalue weighted by molar-refractivity contribution is 6.55. The second-order valence-corrected chi connectivity index (χ2v) is 6.16. The van der Waals surface area contributed by atoms with Crippen LogP contribution >= 0.6 is 11.6 Å². The summed E-state index contributed by atoms with van der Waals surface area (Å²) in [5.74, 6) is 0.452. The third-order valence-electron chi connectivity index (χ3n) is 3.69. The van der Waals surface area contributed by atoms with Crippen LogP contribution in [0.2, 0.25) is 5.02 Å². The smallest absolute Gasteiger partial charge is 0.400 e. The van der Waals surface area contributed by atoms with Gasteiger partial charge in [0.25, 0.3) is 0 Å². The van der Waals surface area contributed by atoms with Gasteiger partial charge in [-0.2, -0.15) is 0 Å². The molecule has 0 atom stereocenters. The van der Waals surface area contributed by atoms with E-state index in [1.807, 2.05) is 27.7 Å². The van der Waals surface area contributed by atoms with Gasteiger partial charge in [-0.1, -0.05) is 11.6 Å². The SMILES string of the molecule is CC1(C)OB(C(=Cc2ncc(Cl)cn2)CO)OC1(C)C. The van der Waals surface area contributed by atoms with E-state index in [4.69, 9.17) is 20.9 Å². The first-order valence-corrected chi connectivity index (χ1v) is 6.77. The lowest BCUT2D eigenvalue weighted by atomic mass is 9.78. The van der Waals surface area contributed by atoms with E-state index >= 15 is 0 Å². The van der Waals surface area contributed by atoms with Crippen molar-refractivity contribution in [2.24, 2.45) is 0 Å². The molecule has 1 fully saturated rings. The van der Waals surface area contributed by atoms with Crippen molar-refractivity contribution in [1.29, 1.82) is 0 Å². The lowest BCUT2D eigenvalue weighted by molar-refractivity contribution is 0.00578. The molecule has 0 amide bonds. The Balaban J connectivity index is 2.24. The molecule has 7 heteroatoms. The summed E-state index contributed by atoms with van der Waals surface area (Å²) in [6.45, 7) is 7.64. The molecule has 2 rings (SSSR count). The molecule has 1 aromatic rings. The van der Waals surface area contributed by atoms with Gasteiger partial charge in [-0.3, -0.25) is 0 Å². The Morgan fingerprint density at radius 3 is 2.20 bits per heavy atom. The molecule has 0 spiro atoms. The van der Waals surface area contributed by atoms with E-state index in [1.54, 1.807) is 6.08 Å². The summed E-state index contributed by atoms with van der Waals surface area (Å²) in [4.78, 5) is 8.14. The molecule has 0 aromatic carbocycles. The van der Waals surface area contributed by atoms with E-state index in [9.17, 15) is 5.11 Å². The van der Waals surface area contributed by atoms with Crippen LogP contribution in [0.1, 0.15) is 33.5 Å². The minimum Gasteiger partial charge on any atom is -0.400 e. The average molecular weight is 297 g/mol. The van der Waals surface area contributed by atoms with Crippen LogP contribution in [0.25, 0.3) is 6.08 Å². The largest absolute Gasteiger partial charge is 0.493 e. The van der Waals surface area contributed by atoms with Crippen LogP contribution in [0.4, 0.5) is 0 Å². The monoisotopic (exact) mass is 296 g/mol. The topological polar surface area (TPSA) is 64.5 Å². The van der Waals surface area contributed by atoms with Gasteiger partial charge in [0.15, 0.2) is 5.82 Å². The standard InChI is InChI=1S/C13H18BClN2O3/c1-12(2)13(3,4)20-14(19-12)9(8-18)5-11-16-6-10(15)7-17-11/h5-7,18H,8H2,1-4H3. The number of aliphatic hydroxyl groups is 1. The van der Waals surface area contributed by atoms with Crippen LogP contribution in [0.15, 0.2) is 17.9 Å². The van der Waals surface area contributed by atoms with Crippen molar-refractivity contribution in [2.45, 2.75) is 38.9 Å². The van der Waals surface area contributed by atoms with Crippen LogP contribution in [-0.2, 0) is 9.31 Å². The molecule has 1 saturated heterocycles. The molecule has 0 aliphatic carbocycles. The van der Waals surface area contributed by atoms with Crippen LogP contribution in [0, 0.1) is 0 Å². The van der Waals surface area contributed by atoms with Gasteiger partial charge < -0.3 is 14.4 Å². The number of hydrogen-bond donors (Lipinski definition) is 1. The van der Waals surface area contributed by atoms with Gasteiger partial charge in [-0.05, 0) is 39.2 Å². The number of aliphatic hydroxyl groups excluding tert-OH is 1. The fraction of sp³-hybridized carbons (Fsp3) is 0.538. The molecular weight excluding hydrogens is 278 g/mol. The van der Waals surface area contributed by atoms with Crippen molar-refractivity contribution in [2.75, 3.05) is 6.61 Å². The maximum atomic E-state index is 9.53. The summed E-state index contributed by atoms with van der Waals surface area (Å²) in [7, 11) is -0.607. The first kappa shape index (κ1) is 15.4. The lowest BCUT2D eigenvalue weighted by Crippen LogP contribution is -2.41. The van der Waals surface area contributed by atoms with Crippen molar-refractivity contribution in [3.05, 3.63) is 28.7 Å². The average Bonchev–Trinajstić information content (AvgIpc) is 2.57. The third-order valence-corrected chi connectivity index (χ3v) is 3.89. The molecular formula is C13H18BClN2O3. The van der Waals surface area contributed by atoms with E-state index in [-0.39, 0.29) is 6.61 Å². The van der Waals surface area contributed by atoms with Crippen LogP contribution in [-0.4, -0.2) is 40.0 Å². The Morgan fingerprint density at radius 1 is 1.25 bits per heavy atom. The zero-order valence-corrected chi connectivity index (χ0v) is 12.8. The highest BCUT2D eigenvalue weighted by atomic mass is 35.5. The number of halogens is 1. The molecule has 0 radical (unpaired) electrons. The van der Waals surface area contributed by atoms with E-state index in [0.717, 1.165) is 0 Å². The minimum absolute atomic E-state index is 0.192. The fourth-order valence-corrected chi connectivity index (χ4v) is 1.84. The summed E-state index contributed by atoms with van der Waals surface area (Å²) >= 11 is 5.74. The predicted molar refractivity (Wildman–Crippen MR) is 78.2 cm³/mol. The fourth-order valence-electron chi connectivity index (χ4n) is 1.75. The molecule has 1 aliphatic rings. The van der Waals surface area contributed by atoms with E-state index in [2.05, 4.69) is 9.97 Å². The molecule has 20 heavy (non-hydrogen) atoms. The molecule has 1 N–H and O–H groups in total. The Kier molecular flexibility index (Phi) is 4.20. The zero-order valence-electron chi connectivity index (χ0n) is 12.1. The third kappa shape index (κ3) is 3.04. The van der Waals surface area contributed by atoms with E-state index in [1.165, 1.54) is 12.4 Å². The molecule has 0 unspecified atom stereocenters. The van der Waals surface area contributed by atoms with Crippen molar-refractivity contribution in [3.8, 4) is 0 Å². The molecule has 0 bridgehead atoms. The van der Waals surface area contributed by atoms with Crippen molar-refractivity contribution in [1.82, 2.24) is 9.97 Å². The summed E-state index contributed by atoms with van der Waals surface area (Å²) in [6.07, 6.45) is 4.65. The van der Waals surface area contributed by atoms with E-state index in [0.29, 0.717) is 16.3 Å². The molecule has 2 heterocycles. The molecule has 1 aliphatic heterocycles. The minimum atomic E-state index is -0.607. The molecule has 5 nitrogen and oxygen atoms in total. The summed E-state index contributed by atoms with van der Waals surface area (Å²) in [6, 6.07) is 0. The Hall–Kier alpha value is -0.945. The van der Waals surface area contributed by atoms with Crippen molar-refractivity contribution in [3.63, 3.8) is 0 Å². The van der Waals surface area contributed by atoms with Gasteiger partial charge in [-0.15, -0.1) is 0 Å². The Labute approximate surface area is 124 Å². The lowest BCUT2D eigenvalue weighted by Gasteiger charge is -2.32. The van der Waals surface area contributed by atoms with Gasteiger partial charge in [0.1, 0.15) is 0 Å². The normalized spacial score (nSPS) is 21.3. The number of nitrogens with zero attached hydrogens (tertiary/aromatic N) is 2. The zero-order chi connectivity index (χ0) is 15.0. The van der Waals surface area contributed by atoms with Gasteiger partial charge in [0, 0.05) is 12.4 Å². The van der Waals surface area contributed by atoms with Gasteiger partial charge >= 0.3 is 7.12 Å². The Bertz CT molecular complexity index is 501. The molecule has 0 saturated carbocycles. The Morgan fingerprint density at radius 2 is 1.75 bits per heavy atom. The summed E-state index contributed by atoms with van der Waals surface area (Å²) in [5, 5.41) is 9.99. The summed E-state index contributed by atoms with van der Waals surface area (Å²) in [5.41, 5.74) is -0.328. The van der Waals surface area contributed by atoms with Gasteiger partial charge in [0.05, 0.1) is 22.8 Å². The van der Waals surface area contributed by atoms with E-state index < -0.39 is 18.3 Å². The maximum absolute atomic E-state index is 9.53. The molecule has 108 valence electrons. The quantitative estimate of drug-likeness (QED) is 0.866. The highest BCUT2D eigenvalue weighted by Gasteiger charge is 2.52. The van der Waals surface area contributed by atoms with Crippen LogP contribution in [0.5, 0.6) is 0 Å². The highest BCUT2D eigenvalue weighted by Crippen LogP contribution is 2.38. The second-order valence-electron chi connectivity index (χ2n) is 5.73. The van der Waals surface area contributed by atoms with Crippen molar-refractivity contribution < 1.29 is 14.4 Å². The molecule has 1 aromatic heterocycles. The van der Waals surface area contributed by atoms with Crippen LogP contribution < -0.4 is 0 Å².